The molecule has 2 heterocycles. The third-order valence-corrected chi connectivity index (χ3v) is 4.66. The number of aliphatic carboxylic acids is 1. The summed E-state index contributed by atoms with van der Waals surface area (Å²) in [4.78, 5) is 16.3. The fraction of sp³-hybridized carbons (Fsp3) is 0.923. The lowest BCUT2D eigenvalue weighted by Crippen LogP contribution is -2.60. The molecule has 1 aliphatic carbocycles. The number of hydrogen-bond donors (Lipinski definition) is 1. The van der Waals surface area contributed by atoms with E-state index in [1.54, 1.807) is 0 Å². The third kappa shape index (κ3) is 2.08. The van der Waals surface area contributed by atoms with Gasteiger partial charge in [-0.25, -0.2) is 0 Å². The number of carbonyl (C=O) groups is 1. The van der Waals surface area contributed by atoms with E-state index in [4.69, 9.17) is 0 Å². The molecule has 0 amide bonds. The molecule has 1 N–H and O–H groups in total. The van der Waals surface area contributed by atoms with E-state index in [-0.39, 0.29) is 6.04 Å². The molecule has 0 spiro atoms. The standard InChI is InChI=1S/C13H22N2O2/c1-9-7-14-6-2-3-11(14)8-15(9)12(13(16)17)10-4-5-10/h9-12H,2-8H2,1H3,(H,16,17). The van der Waals surface area contributed by atoms with Gasteiger partial charge in [-0.2, -0.15) is 0 Å². The van der Waals surface area contributed by atoms with E-state index in [1.165, 1.54) is 19.4 Å². The van der Waals surface area contributed by atoms with Gasteiger partial charge in [0.2, 0.25) is 0 Å². The molecule has 3 fully saturated rings. The minimum atomic E-state index is -0.606. The van der Waals surface area contributed by atoms with Gasteiger partial charge in [0, 0.05) is 25.2 Å². The largest absolute Gasteiger partial charge is 0.480 e. The molecule has 4 heteroatoms. The summed E-state index contributed by atoms with van der Waals surface area (Å²) in [5.74, 6) is -0.186. The second-order valence-corrected chi connectivity index (χ2v) is 5.96. The number of piperazine rings is 1. The maximum atomic E-state index is 11.5. The molecular formula is C13H22N2O2. The Morgan fingerprint density at radius 3 is 2.71 bits per heavy atom. The normalized spacial score (nSPS) is 36.8. The summed E-state index contributed by atoms with van der Waals surface area (Å²) < 4.78 is 0. The van der Waals surface area contributed by atoms with Gasteiger partial charge >= 0.3 is 5.97 Å². The van der Waals surface area contributed by atoms with E-state index in [9.17, 15) is 9.90 Å². The highest BCUT2D eigenvalue weighted by molar-refractivity contribution is 5.74. The van der Waals surface area contributed by atoms with Crippen molar-refractivity contribution in [3.63, 3.8) is 0 Å². The van der Waals surface area contributed by atoms with Gasteiger partial charge in [0.15, 0.2) is 0 Å². The van der Waals surface area contributed by atoms with E-state index < -0.39 is 5.97 Å². The molecule has 0 aromatic heterocycles. The van der Waals surface area contributed by atoms with Gasteiger partial charge in [0.25, 0.3) is 0 Å². The second-order valence-electron chi connectivity index (χ2n) is 5.96. The van der Waals surface area contributed by atoms with Gasteiger partial charge in [-0.15, -0.1) is 0 Å². The maximum absolute atomic E-state index is 11.5. The Bertz CT molecular complexity index is 317. The van der Waals surface area contributed by atoms with Crippen LogP contribution in [0.1, 0.15) is 32.6 Å². The third-order valence-electron chi connectivity index (χ3n) is 4.66. The van der Waals surface area contributed by atoms with Crippen LogP contribution in [0.2, 0.25) is 0 Å². The van der Waals surface area contributed by atoms with Gasteiger partial charge in [-0.1, -0.05) is 0 Å². The zero-order valence-electron chi connectivity index (χ0n) is 10.5. The summed E-state index contributed by atoms with van der Waals surface area (Å²) in [6.07, 6.45) is 4.75. The van der Waals surface area contributed by atoms with Crippen LogP contribution in [0.4, 0.5) is 0 Å². The van der Waals surface area contributed by atoms with E-state index >= 15 is 0 Å². The molecule has 0 aromatic carbocycles. The average molecular weight is 238 g/mol. The van der Waals surface area contributed by atoms with Crippen molar-refractivity contribution < 1.29 is 9.90 Å². The molecule has 3 rings (SSSR count). The molecule has 0 bridgehead atoms. The number of hydrogen-bond acceptors (Lipinski definition) is 3. The van der Waals surface area contributed by atoms with Crippen molar-refractivity contribution in [1.82, 2.24) is 9.80 Å². The van der Waals surface area contributed by atoms with Crippen LogP contribution in [0.15, 0.2) is 0 Å². The molecule has 17 heavy (non-hydrogen) atoms. The molecule has 1 saturated carbocycles. The molecule has 4 nitrogen and oxygen atoms in total. The first-order valence-corrected chi connectivity index (χ1v) is 6.89. The van der Waals surface area contributed by atoms with E-state index in [0.717, 1.165) is 25.9 Å². The fourth-order valence-electron chi connectivity index (χ4n) is 3.62. The van der Waals surface area contributed by atoms with Gasteiger partial charge in [-0.3, -0.25) is 14.6 Å². The van der Waals surface area contributed by atoms with Crippen LogP contribution in [0, 0.1) is 5.92 Å². The Morgan fingerprint density at radius 2 is 2.06 bits per heavy atom. The van der Waals surface area contributed by atoms with Gasteiger partial charge in [-0.05, 0) is 45.1 Å². The summed E-state index contributed by atoms with van der Waals surface area (Å²) in [5, 5.41) is 9.44. The zero-order valence-corrected chi connectivity index (χ0v) is 10.5. The minimum Gasteiger partial charge on any atom is -0.480 e. The van der Waals surface area contributed by atoms with Crippen molar-refractivity contribution >= 4 is 5.97 Å². The lowest BCUT2D eigenvalue weighted by Gasteiger charge is -2.45. The fourth-order valence-corrected chi connectivity index (χ4v) is 3.62. The summed E-state index contributed by atoms with van der Waals surface area (Å²) in [7, 11) is 0. The number of carboxylic acid groups (broad SMARTS) is 1. The van der Waals surface area contributed by atoms with Crippen molar-refractivity contribution in [2.24, 2.45) is 5.92 Å². The first kappa shape index (κ1) is 11.5. The summed E-state index contributed by atoms with van der Waals surface area (Å²) in [6, 6.07) is 0.797. The molecule has 96 valence electrons. The van der Waals surface area contributed by atoms with Gasteiger partial charge in [0.1, 0.15) is 6.04 Å². The molecule has 3 unspecified atom stereocenters. The van der Waals surface area contributed by atoms with Crippen molar-refractivity contribution in [3.8, 4) is 0 Å². The number of rotatable bonds is 3. The monoisotopic (exact) mass is 238 g/mol. The van der Waals surface area contributed by atoms with E-state index in [0.29, 0.717) is 18.0 Å². The molecular weight excluding hydrogens is 216 g/mol. The van der Waals surface area contributed by atoms with Crippen LogP contribution in [0.25, 0.3) is 0 Å². The maximum Gasteiger partial charge on any atom is 0.321 e. The van der Waals surface area contributed by atoms with Crippen LogP contribution in [-0.2, 0) is 4.79 Å². The SMILES string of the molecule is CC1CN2CCCC2CN1C(C(=O)O)C1CC1. The van der Waals surface area contributed by atoms with Gasteiger partial charge in [0.05, 0.1) is 0 Å². The second kappa shape index (κ2) is 4.25. The summed E-state index contributed by atoms with van der Waals surface area (Å²) in [6.45, 7) is 5.42. The topological polar surface area (TPSA) is 43.8 Å². The van der Waals surface area contributed by atoms with Crippen LogP contribution < -0.4 is 0 Å². The Balaban J connectivity index is 1.74. The van der Waals surface area contributed by atoms with Crippen molar-refractivity contribution in [3.05, 3.63) is 0 Å². The predicted molar refractivity (Wildman–Crippen MR) is 64.9 cm³/mol. The quantitative estimate of drug-likeness (QED) is 0.797. The molecule has 3 aliphatic rings. The molecule has 2 aliphatic heterocycles. The highest BCUT2D eigenvalue weighted by Crippen LogP contribution is 2.38. The van der Waals surface area contributed by atoms with Crippen molar-refractivity contribution in [1.29, 1.82) is 0 Å². The van der Waals surface area contributed by atoms with Crippen molar-refractivity contribution in [2.45, 2.75) is 50.7 Å². The summed E-state index contributed by atoms with van der Waals surface area (Å²) in [5.41, 5.74) is 0. The molecule has 2 saturated heterocycles. The number of carboxylic acids is 1. The lowest BCUT2D eigenvalue weighted by molar-refractivity contribution is -0.147. The Kier molecular flexibility index (Phi) is 2.87. The van der Waals surface area contributed by atoms with Crippen molar-refractivity contribution in [2.75, 3.05) is 19.6 Å². The molecule has 0 aromatic rings. The smallest absolute Gasteiger partial charge is 0.321 e. The number of nitrogens with zero attached hydrogens (tertiary/aromatic N) is 2. The van der Waals surface area contributed by atoms with Gasteiger partial charge < -0.3 is 5.11 Å². The molecule has 0 radical (unpaired) electrons. The average Bonchev–Trinajstić information content (AvgIpc) is 2.98. The Labute approximate surface area is 103 Å². The van der Waals surface area contributed by atoms with Crippen LogP contribution in [0.5, 0.6) is 0 Å². The summed E-state index contributed by atoms with van der Waals surface area (Å²) >= 11 is 0. The van der Waals surface area contributed by atoms with Crippen LogP contribution in [-0.4, -0.2) is 58.6 Å². The van der Waals surface area contributed by atoms with Crippen LogP contribution in [0.3, 0.4) is 0 Å². The van der Waals surface area contributed by atoms with Crippen LogP contribution >= 0.6 is 0 Å². The van der Waals surface area contributed by atoms with E-state index in [1.807, 2.05) is 0 Å². The highest BCUT2D eigenvalue weighted by Gasteiger charge is 2.45. The van der Waals surface area contributed by atoms with E-state index in [2.05, 4.69) is 16.7 Å². The first-order valence-electron chi connectivity index (χ1n) is 6.89. The number of fused-ring (bicyclic) bond motifs is 1. The predicted octanol–water partition coefficient (Wildman–Crippen LogP) is 1.02. The minimum absolute atomic E-state index is 0.215. The lowest BCUT2D eigenvalue weighted by atomic mass is 10.0. The first-order chi connectivity index (χ1) is 8.16. The highest BCUT2D eigenvalue weighted by atomic mass is 16.4. The Morgan fingerprint density at radius 1 is 1.29 bits per heavy atom. The zero-order chi connectivity index (χ0) is 12.0. The molecule has 3 atom stereocenters. The Hall–Kier alpha value is -0.610.